The molecule has 0 aromatic heterocycles. The minimum Gasteiger partial charge on any atom is -0.423 e. The number of hydrogen-bond donors (Lipinski definition) is 1. The molecular formula is C15H12BF2NO3. The zero-order chi connectivity index (χ0) is 15.9. The summed E-state index contributed by atoms with van der Waals surface area (Å²) in [5.41, 5.74) is 1.68. The molecular weight excluding hydrogens is 291 g/mol. The first-order valence-corrected chi connectivity index (χ1v) is 6.63. The Balaban J connectivity index is 1.92. The number of rotatable bonds is 2. The molecule has 0 radical (unpaired) electrons. The number of hydrogen-bond acceptors (Lipinski definition) is 3. The van der Waals surface area contributed by atoms with E-state index in [1.54, 1.807) is 18.2 Å². The third kappa shape index (κ3) is 2.49. The Kier molecular flexibility index (Phi) is 3.68. The molecule has 0 bridgehead atoms. The van der Waals surface area contributed by atoms with Gasteiger partial charge in [0.05, 0.1) is 12.2 Å². The van der Waals surface area contributed by atoms with E-state index in [2.05, 4.69) is 0 Å². The predicted octanol–water partition coefficient (Wildman–Crippen LogP) is 1.46. The lowest BCUT2D eigenvalue weighted by Gasteiger charge is -2.18. The first-order valence-electron chi connectivity index (χ1n) is 6.63. The molecule has 112 valence electrons. The van der Waals surface area contributed by atoms with Crippen LogP contribution in [0.2, 0.25) is 0 Å². The van der Waals surface area contributed by atoms with Crippen LogP contribution in [0.1, 0.15) is 15.9 Å². The summed E-state index contributed by atoms with van der Waals surface area (Å²) in [4.78, 5) is 13.6. The molecule has 0 aliphatic carbocycles. The summed E-state index contributed by atoms with van der Waals surface area (Å²) in [5.74, 6) is -2.26. The third-order valence-electron chi connectivity index (χ3n) is 3.65. The molecule has 1 heterocycles. The average molecular weight is 303 g/mol. The highest BCUT2D eigenvalue weighted by molar-refractivity contribution is 6.61. The molecule has 7 heteroatoms. The highest BCUT2D eigenvalue weighted by atomic mass is 19.1. The number of carbonyl (C=O) groups is 1. The molecule has 0 fully saturated rings. The fraction of sp³-hybridized carbons (Fsp3) is 0.133. The Bertz CT molecular complexity index is 754. The van der Waals surface area contributed by atoms with Crippen LogP contribution in [0.4, 0.5) is 14.5 Å². The van der Waals surface area contributed by atoms with Gasteiger partial charge >= 0.3 is 7.12 Å². The maximum atomic E-state index is 13.7. The minimum absolute atomic E-state index is 0.221. The van der Waals surface area contributed by atoms with Crippen molar-refractivity contribution in [3.8, 4) is 0 Å². The first kappa shape index (κ1) is 14.7. The van der Waals surface area contributed by atoms with Gasteiger partial charge in [0.25, 0.3) is 5.91 Å². The van der Waals surface area contributed by atoms with Crippen LogP contribution in [0.25, 0.3) is 0 Å². The Morgan fingerprint density at radius 3 is 2.77 bits per heavy atom. The van der Waals surface area contributed by atoms with Crippen LogP contribution in [-0.4, -0.2) is 25.1 Å². The molecule has 4 nitrogen and oxygen atoms in total. The summed E-state index contributed by atoms with van der Waals surface area (Å²) < 4.78 is 31.7. The standard InChI is InChI=1S/C15H12BF2NO3/c1-19(15(20)12-5-3-10(17)6-14(12)18)11-4-2-9-8-22-16(21)13(9)7-11/h2-7,21H,8H2,1H3. The second kappa shape index (κ2) is 5.51. The number of nitrogens with zero attached hydrogens (tertiary/aromatic N) is 1. The molecule has 2 aromatic carbocycles. The van der Waals surface area contributed by atoms with E-state index in [-0.39, 0.29) is 5.56 Å². The van der Waals surface area contributed by atoms with Crippen molar-refractivity contribution in [3.05, 3.63) is 59.2 Å². The van der Waals surface area contributed by atoms with Gasteiger partial charge in [-0.3, -0.25) is 4.79 Å². The van der Waals surface area contributed by atoms with Crippen LogP contribution in [0.15, 0.2) is 36.4 Å². The quantitative estimate of drug-likeness (QED) is 0.855. The molecule has 1 aliphatic rings. The van der Waals surface area contributed by atoms with Crippen molar-refractivity contribution in [2.24, 2.45) is 0 Å². The largest absolute Gasteiger partial charge is 0.491 e. The van der Waals surface area contributed by atoms with Gasteiger partial charge in [-0.25, -0.2) is 8.78 Å². The molecule has 0 unspecified atom stereocenters. The van der Waals surface area contributed by atoms with Gasteiger partial charge in [-0.05, 0) is 35.3 Å². The summed E-state index contributed by atoms with van der Waals surface area (Å²) in [6, 6.07) is 7.85. The maximum Gasteiger partial charge on any atom is 0.491 e. The average Bonchev–Trinajstić information content (AvgIpc) is 2.87. The van der Waals surface area contributed by atoms with Crippen LogP contribution in [0.3, 0.4) is 0 Å². The van der Waals surface area contributed by atoms with E-state index >= 15 is 0 Å². The van der Waals surface area contributed by atoms with E-state index in [4.69, 9.17) is 4.65 Å². The van der Waals surface area contributed by atoms with Gasteiger partial charge in [0.2, 0.25) is 0 Å². The van der Waals surface area contributed by atoms with Crippen molar-refractivity contribution in [2.45, 2.75) is 6.61 Å². The fourth-order valence-corrected chi connectivity index (χ4v) is 2.37. The van der Waals surface area contributed by atoms with Gasteiger partial charge < -0.3 is 14.6 Å². The molecule has 22 heavy (non-hydrogen) atoms. The Hall–Kier alpha value is -2.25. The van der Waals surface area contributed by atoms with E-state index in [0.717, 1.165) is 17.7 Å². The van der Waals surface area contributed by atoms with Gasteiger partial charge in [-0.1, -0.05) is 6.07 Å². The number of benzene rings is 2. The lowest BCUT2D eigenvalue weighted by atomic mass is 9.79. The summed E-state index contributed by atoms with van der Waals surface area (Å²) in [7, 11) is 0.454. The van der Waals surface area contributed by atoms with E-state index in [1.165, 1.54) is 11.9 Å². The Morgan fingerprint density at radius 2 is 2.05 bits per heavy atom. The van der Waals surface area contributed by atoms with E-state index < -0.39 is 24.7 Å². The lowest BCUT2D eigenvalue weighted by molar-refractivity contribution is 0.0989. The molecule has 1 N–H and O–H groups in total. The molecule has 3 rings (SSSR count). The normalized spacial score (nSPS) is 13.2. The Morgan fingerprint density at radius 1 is 1.27 bits per heavy atom. The molecule has 1 amide bonds. The predicted molar refractivity (Wildman–Crippen MR) is 77.9 cm³/mol. The van der Waals surface area contributed by atoms with Crippen molar-refractivity contribution < 1.29 is 23.3 Å². The fourth-order valence-electron chi connectivity index (χ4n) is 2.37. The van der Waals surface area contributed by atoms with Crippen molar-refractivity contribution in [1.82, 2.24) is 0 Å². The van der Waals surface area contributed by atoms with Crippen LogP contribution in [0, 0.1) is 11.6 Å². The van der Waals surface area contributed by atoms with E-state index in [1.807, 2.05) is 0 Å². The summed E-state index contributed by atoms with van der Waals surface area (Å²) >= 11 is 0. The molecule has 0 saturated heterocycles. The van der Waals surface area contributed by atoms with Gasteiger partial charge in [0.15, 0.2) is 0 Å². The topological polar surface area (TPSA) is 49.8 Å². The van der Waals surface area contributed by atoms with Crippen LogP contribution >= 0.6 is 0 Å². The number of anilines is 1. The zero-order valence-electron chi connectivity index (χ0n) is 11.7. The number of halogens is 2. The van der Waals surface area contributed by atoms with Gasteiger partial charge in [0, 0.05) is 18.8 Å². The van der Waals surface area contributed by atoms with Crippen molar-refractivity contribution in [2.75, 3.05) is 11.9 Å². The van der Waals surface area contributed by atoms with Gasteiger partial charge in [-0.2, -0.15) is 0 Å². The first-order chi connectivity index (χ1) is 10.5. The summed E-state index contributed by atoms with van der Waals surface area (Å²) in [6.07, 6.45) is 0. The highest BCUT2D eigenvalue weighted by Gasteiger charge is 2.28. The van der Waals surface area contributed by atoms with Crippen LogP contribution in [-0.2, 0) is 11.3 Å². The maximum absolute atomic E-state index is 13.7. The molecule has 0 spiro atoms. The smallest absolute Gasteiger partial charge is 0.423 e. The summed E-state index contributed by atoms with van der Waals surface area (Å²) in [5, 5.41) is 9.69. The Labute approximate surface area is 126 Å². The second-order valence-corrected chi connectivity index (χ2v) is 5.03. The number of carbonyl (C=O) groups excluding carboxylic acids is 1. The molecule has 0 saturated carbocycles. The molecule has 1 aliphatic heterocycles. The van der Waals surface area contributed by atoms with E-state index in [9.17, 15) is 18.6 Å². The van der Waals surface area contributed by atoms with Crippen molar-refractivity contribution in [3.63, 3.8) is 0 Å². The van der Waals surface area contributed by atoms with Crippen LogP contribution < -0.4 is 10.4 Å². The second-order valence-electron chi connectivity index (χ2n) is 5.03. The highest BCUT2D eigenvalue weighted by Crippen LogP contribution is 2.20. The number of amides is 1. The minimum atomic E-state index is -1.03. The third-order valence-corrected chi connectivity index (χ3v) is 3.65. The lowest BCUT2D eigenvalue weighted by Crippen LogP contribution is -2.31. The van der Waals surface area contributed by atoms with Crippen LogP contribution in [0.5, 0.6) is 0 Å². The van der Waals surface area contributed by atoms with Crippen molar-refractivity contribution in [1.29, 1.82) is 0 Å². The molecule has 0 atom stereocenters. The van der Waals surface area contributed by atoms with Crippen molar-refractivity contribution >= 4 is 24.2 Å². The van der Waals surface area contributed by atoms with Gasteiger partial charge in [-0.15, -0.1) is 0 Å². The van der Waals surface area contributed by atoms with Gasteiger partial charge in [0.1, 0.15) is 11.6 Å². The summed E-state index contributed by atoms with van der Waals surface area (Å²) in [6.45, 7) is 0.307. The number of fused-ring (bicyclic) bond motifs is 1. The zero-order valence-corrected chi connectivity index (χ0v) is 11.7. The molecule has 2 aromatic rings. The SMILES string of the molecule is CN(C(=O)c1ccc(F)cc1F)c1ccc2c(c1)B(O)OC2. The van der Waals surface area contributed by atoms with E-state index in [0.29, 0.717) is 23.8 Å². The monoisotopic (exact) mass is 303 g/mol.